The quantitative estimate of drug-likeness (QED) is 0.0985. The Bertz CT molecular complexity index is 2550. The fraction of sp³-hybridized carbons (Fsp3) is 0.217. The Kier molecular flexibility index (Phi) is 9.60. The van der Waals surface area contributed by atoms with Crippen LogP contribution in [0.15, 0.2) is 127 Å². The van der Waals surface area contributed by atoms with E-state index in [2.05, 4.69) is 10.7 Å². The van der Waals surface area contributed by atoms with Gasteiger partial charge in [0.05, 0.1) is 53.8 Å². The first kappa shape index (κ1) is 38.2. The lowest BCUT2D eigenvalue weighted by molar-refractivity contribution is -0.138. The normalized spacial score (nSPS) is 24.6. The van der Waals surface area contributed by atoms with Gasteiger partial charge in [-0.1, -0.05) is 71.2 Å². The number of nitrogens with zero attached hydrogens (tertiary/aromatic N) is 2. The van der Waals surface area contributed by atoms with Crippen LogP contribution in [0.4, 0.5) is 22.7 Å². The van der Waals surface area contributed by atoms with E-state index in [1.807, 2.05) is 48.5 Å². The fourth-order valence-electron chi connectivity index (χ4n) is 9.76. The number of methoxy groups -OCH3 is 2. The number of hydrogen-bond donors (Lipinski definition) is 3. The maximum absolute atomic E-state index is 15.5. The van der Waals surface area contributed by atoms with Crippen LogP contribution in [0.3, 0.4) is 0 Å². The molecular weight excluding hydrogens is 791 g/mol. The summed E-state index contributed by atoms with van der Waals surface area (Å²) in [7, 11) is 3.01. The predicted octanol–water partition coefficient (Wildman–Crippen LogP) is 8.65. The first-order chi connectivity index (χ1) is 28.5. The van der Waals surface area contributed by atoms with Gasteiger partial charge in [0, 0.05) is 33.9 Å². The van der Waals surface area contributed by atoms with E-state index in [1.54, 1.807) is 61.7 Å². The van der Waals surface area contributed by atoms with Crippen molar-refractivity contribution in [3.05, 3.63) is 148 Å². The van der Waals surface area contributed by atoms with Crippen LogP contribution in [0.2, 0.25) is 10.0 Å². The summed E-state index contributed by atoms with van der Waals surface area (Å²) in [6, 6.07) is 33.2. The lowest BCUT2D eigenvalue weighted by atomic mass is 9.49. The molecule has 2 aliphatic heterocycles. The first-order valence-electron chi connectivity index (χ1n) is 19.2. The fourth-order valence-corrected chi connectivity index (χ4v) is 10.2. The molecule has 0 spiro atoms. The number of nitrogens with one attached hydrogen (secondary N) is 2. The number of para-hydroxylation sites is 1. The topological polar surface area (TPSA) is 138 Å². The molecule has 9 rings (SSSR count). The number of halogens is 2. The Morgan fingerprint density at radius 1 is 0.763 bits per heavy atom. The third-order valence-corrected chi connectivity index (χ3v) is 12.8. The third-order valence-electron chi connectivity index (χ3n) is 12.3. The molecule has 1 saturated carbocycles. The number of anilines is 4. The van der Waals surface area contributed by atoms with Crippen molar-refractivity contribution < 1.29 is 33.8 Å². The van der Waals surface area contributed by atoms with Crippen molar-refractivity contribution in [1.82, 2.24) is 5.01 Å². The molecule has 6 atom stereocenters. The summed E-state index contributed by atoms with van der Waals surface area (Å²) in [5.41, 5.74) is 5.62. The molecule has 5 aromatic rings. The molecule has 4 amide bonds. The van der Waals surface area contributed by atoms with Crippen molar-refractivity contribution in [2.24, 2.45) is 23.7 Å². The number of hydrazine groups is 1. The number of ether oxygens (including phenoxy) is 2. The summed E-state index contributed by atoms with van der Waals surface area (Å²) in [4.78, 5) is 61.0. The summed E-state index contributed by atoms with van der Waals surface area (Å²) in [5.74, 6) is -5.05. The summed E-state index contributed by atoms with van der Waals surface area (Å²) >= 11 is 12.8. The van der Waals surface area contributed by atoms with E-state index >= 15 is 9.59 Å². The molecule has 2 aliphatic carbocycles. The molecule has 0 radical (unpaired) electrons. The SMILES string of the molecule is COc1ccc(C23C(=O)N(Nc4ccc(Cl)cc4Cl)C(=O)C2CC2C(=CCC4C(=O)N(c5ccc(Nc6ccccc6)cc5)C(=O)C42)C3c2ccc(O)cc2OC)cc1. The zero-order valence-corrected chi connectivity index (χ0v) is 33.4. The molecule has 3 fully saturated rings. The van der Waals surface area contributed by atoms with Crippen LogP contribution < -0.4 is 25.1 Å². The molecule has 0 bridgehead atoms. The molecule has 4 aliphatic rings. The van der Waals surface area contributed by atoms with Gasteiger partial charge < -0.3 is 19.9 Å². The average Bonchev–Trinajstić information content (AvgIpc) is 3.63. The molecule has 3 N–H and O–H groups in total. The van der Waals surface area contributed by atoms with E-state index in [9.17, 15) is 14.7 Å². The zero-order valence-electron chi connectivity index (χ0n) is 31.9. The van der Waals surface area contributed by atoms with Gasteiger partial charge in [-0.25, -0.2) is 0 Å². The molecule has 0 aromatic heterocycles. The Labute approximate surface area is 350 Å². The van der Waals surface area contributed by atoms with E-state index in [4.69, 9.17) is 32.7 Å². The van der Waals surface area contributed by atoms with Crippen molar-refractivity contribution in [2.75, 3.05) is 29.9 Å². The Balaban J connectivity index is 1.18. The van der Waals surface area contributed by atoms with E-state index in [-0.39, 0.29) is 46.9 Å². The Morgan fingerprint density at radius 2 is 1.49 bits per heavy atom. The molecule has 5 aromatic carbocycles. The second-order valence-corrected chi connectivity index (χ2v) is 16.0. The van der Waals surface area contributed by atoms with Gasteiger partial charge in [0.15, 0.2) is 0 Å². The number of phenols is 1. The minimum Gasteiger partial charge on any atom is -0.508 e. The number of amides is 4. The molecule has 2 heterocycles. The average molecular weight is 830 g/mol. The van der Waals surface area contributed by atoms with Crippen molar-refractivity contribution in [3.63, 3.8) is 0 Å². The number of phenolic OH excluding ortho intramolecular Hbond substituents is 1. The van der Waals surface area contributed by atoms with Crippen molar-refractivity contribution in [1.29, 1.82) is 0 Å². The van der Waals surface area contributed by atoms with Crippen LogP contribution in [0, 0.1) is 23.7 Å². The van der Waals surface area contributed by atoms with Gasteiger partial charge >= 0.3 is 0 Å². The Morgan fingerprint density at radius 3 is 2.19 bits per heavy atom. The largest absolute Gasteiger partial charge is 0.508 e. The van der Waals surface area contributed by atoms with Crippen LogP contribution in [0.1, 0.15) is 29.9 Å². The number of benzene rings is 5. The number of hydrogen-bond acceptors (Lipinski definition) is 9. The van der Waals surface area contributed by atoms with Gasteiger partial charge in [-0.05, 0) is 97.1 Å². The highest BCUT2D eigenvalue weighted by Gasteiger charge is 2.70. The van der Waals surface area contributed by atoms with Crippen LogP contribution in [0.5, 0.6) is 17.2 Å². The number of aromatic hydroxyl groups is 1. The summed E-state index contributed by atoms with van der Waals surface area (Å²) < 4.78 is 11.4. The second kappa shape index (κ2) is 14.8. The van der Waals surface area contributed by atoms with Crippen molar-refractivity contribution >= 4 is 69.6 Å². The highest BCUT2D eigenvalue weighted by atomic mass is 35.5. The second-order valence-electron chi connectivity index (χ2n) is 15.2. The van der Waals surface area contributed by atoms with Gasteiger partial charge in [-0.15, -0.1) is 0 Å². The monoisotopic (exact) mass is 828 g/mol. The molecular formula is C46H38Cl2N4O7. The highest BCUT2D eigenvalue weighted by Crippen LogP contribution is 2.65. The molecule has 2 saturated heterocycles. The first-order valence-corrected chi connectivity index (χ1v) is 19.9. The molecule has 6 unspecified atom stereocenters. The molecule has 59 heavy (non-hydrogen) atoms. The van der Waals surface area contributed by atoms with Gasteiger partial charge in [0.25, 0.3) is 11.8 Å². The number of allylic oxidation sites excluding steroid dienone is 2. The molecule has 13 heteroatoms. The van der Waals surface area contributed by atoms with E-state index in [1.165, 1.54) is 30.2 Å². The van der Waals surface area contributed by atoms with Gasteiger partial charge in [-0.2, -0.15) is 5.01 Å². The minimum absolute atomic E-state index is 0.0580. The van der Waals surface area contributed by atoms with Gasteiger partial charge in [0.2, 0.25) is 11.8 Å². The van der Waals surface area contributed by atoms with Crippen LogP contribution >= 0.6 is 23.2 Å². The van der Waals surface area contributed by atoms with Gasteiger partial charge in [0.1, 0.15) is 17.2 Å². The van der Waals surface area contributed by atoms with E-state index in [0.717, 1.165) is 22.0 Å². The minimum atomic E-state index is -1.60. The summed E-state index contributed by atoms with van der Waals surface area (Å²) in [5, 5.41) is 15.5. The lowest BCUT2D eigenvalue weighted by Crippen LogP contribution is -2.53. The number of imide groups is 2. The lowest BCUT2D eigenvalue weighted by Gasteiger charge is -2.50. The summed E-state index contributed by atoms with van der Waals surface area (Å²) in [6.07, 6.45) is 2.28. The van der Waals surface area contributed by atoms with Crippen LogP contribution in [-0.4, -0.2) is 48.0 Å². The van der Waals surface area contributed by atoms with Gasteiger partial charge in [-0.3, -0.25) is 29.5 Å². The zero-order chi connectivity index (χ0) is 41.2. The molecule has 11 nitrogen and oxygen atoms in total. The predicted molar refractivity (Wildman–Crippen MR) is 224 cm³/mol. The van der Waals surface area contributed by atoms with Crippen LogP contribution in [-0.2, 0) is 24.6 Å². The number of carbonyl (C=O) groups is 4. The maximum Gasteiger partial charge on any atom is 0.260 e. The van der Waals surface area contributed by atoms with E-state index in [0.29, 0.717) is 27.6 Å². The highest BCUT2D eigenvalue weighted by molar-refractivity contribution is 6.36. The number of rotatable bonds is 9. The molecule has 298 valence electrons. The number of carbonyl (C=O) groups excluding carboxylic acids is 4. The van der Waals surface area contributed by atoms with Crippen molar-refractivity contribution in [3.8, 4) is 17.2 Å². The third kappa shape index (κ3) is 6.10. The smallest absolute Gasteiger partial charge is 0.260 e. The number of fused-ring (bicyclic) bond motifs is 4. The maximum atomic E-state index is 15.5. The standard InChI is InChI=1S/C46H38Cl2N4O7/c1-58-31-16-8-25(9-17-31)46-36(43(55)52(45(46)57)50-38-21-10-26(47)22-37(38)48)24-35-32(41(46)33-18-15-30(53)23-39(33)59-2)19-20-34-40(35)44(56)51(42(34)54)29-13-11-28(12-14-29)49-27-6-4-3-5-7-27/h3-19,21-23,34-36,40-41,49-50,53H,20,24H2,1-2H3. The summed E-state index contributed by atoms with van der Waals surface area (Å²) in [6.45, 7) is 0. The van der Waals surface area contributed by atoms with Crippen molar-refractivity contribution in [2.45, 2.75) is 24.2 Å². The van der Waals surface area contributed by atoms with E-state index < -0.39 is 46.8 Å². The van der Waals surface area contributed by atoms with Crippen LogP contribution in [0.25, 0.3) is 0 Å². The Hall–Kier alpha value is -6.30.